The van der Waals surface area contributed by atoms with Gasteiger partial charge in [0, 0.05) is 62.8 Å². The molecule has 1 fully saturated rings. The summed E-state index contributed by atoms with van der Waals surface area (Å²) in [6, 6.07) is 21.2. The van der Waals surface area contributed by atoms with Crippen molar-refractivity contribution in [2.45, 2.75) is 88.2 Å². The highest BCUT2D eigenvalue weighted by Gasteiger charge is 2.25. The zero-order valence-electron chi connectivity index (χ0n) is 41.7. The number of carbonyl (C=O) groups is 4. The first-order valence-electron chi connectivity index (χ1n) is 23.1. The molecule has 368 valence electrons. The fourth-order valence-electron chi connectivity index (χ4n) is 6.43. The zero-order chi connectivity index (χ0) is 50.4. The Hall–Kier alpha value is -6.52. The number of aromatic amines is 1. The fourth-order valence-corrected chi connectivity index (χ4v) is 6.43. The number of benzene rings is 3. The number of halogens is 1. The van der Waals surface area contributed by atoms with Gasteiger partial charge < -0.3 is 29.9 Å². The van der Waals surface area contributed by atoms with Gasteiger partial charge in [-0.25, -0.2) is 19.3 Å². The summed E-state index contributed by atoms with van der Waals surface area (Å²) in [7, 11) is 0. The second kappa shape index (κ2) is 27.3. The summed E-state index contributed by atoms with van der Waals surface area (Å²) in [4.78, 5) is 68.2. The second-order valence-corrected chi connectivity index (χ2v) is 18.3. The lowest BCUT2D eigenvalue weighted by Crippen LogP contribution is -2.48. The monoisotopic (exact) mass is 939 g/mol. The van der Waals surface area contributed by atoms with E-state index in [-0.39, 0.29) is 22.5 Å². The Bertz CT molecular complexity index is 2470. The number of H-pyrrole nitrogens is 1. The van der Waals surface area contributed by atoms with E-state index in [4.69, 9.17) is 9.47 Å². The van der Waals surface area contributed by atoms with Crippen LogP contribution in [0.5, 0.6) is 0 Å². The first-order chi connectivity index (χ1) is 32.3. The van der Waals surface area contributed by atoms with Gasteiger partial charge in [0.15, 0.2) is 5.69 Å². The molecule has 3 aromatic carbocycles. The largest absolute Gasteiger partial charge is 0.444 e. The van der Waals surface area contributed by atoms with Gasteiger partial charge in [0.25, 0.3) is 17.4 Å². The van der Waals surface area contributed by atoms with Gasteiger partial charge >= 0.3 is 6.09 Å². The maximum absolute atomic E-state index is 14.4. The average Bonchev–Trinajstić information content (AvgIpc) is 3.29. The molecule has 3 heterocycles. The van der Waals surface area contributed by atoms with E-state index in [9.17, 15) is 28.4 Å². The third-order valence-electron chi connectivity index (χ3n) is 9.45. The molecular formula is C52H71FN8O7. The molecule has 2 aromatic heterocycles. The molecule has 0 aliphatic carbocycles. The van der Waals surface area contributed by atoms with E-state index in [2.05, 4.69) is 58.8 Å². The molecule has 15 nitrogen and oxygen atoms in total. The van der Waals surface area contributed by atoms with Crippen molar-refractivity contribution in [3.63, 3.8) is 0 Å². The zero-order valence-corrected chi connectivity index (χ0v) is 41.7. The number of hydrogen-bond acceptors (Lipinski definition) is 10. The van der Waals surface area contributed by atoms with Gasteiger partial charge in [-0.1, -0.05) is 103 Å². The lowest BCUT2D eigenvalue weighted by molar-refractivity contribution is -0.119. The third-order valence-corrected chi connectivity index (χ3v) is 9.45. The smallest absolute Gasteiger partial charge is 0.412 e. The number of rotatable bonds is 14. The molecule has 4 amide bonds. The van der Waals surface area contributed by atoms with Crippen LogP contribution in [0.15, 0.2) is 83.8 Å². The number of aromatic nitrogens is 3. The summed E-state index contributed by atoms with van der Waals surface area (Å²) in [5.74, 6) is -1.38. The van der Waals surface area contributed by atoms with Gasteiger partial charge in [0.05, 0.1) is 35.5 Å². The molecule has 0 bridgehead atoms. The van der Waals surface area contributed by atoms with E-state index < -0.39 is 29.3 Å². The van der Waals surface area contributed by atoms with Crippen LogP contribution in [0.1, 0.15) is 107 Å². The molecule has 1 saturated heterocycles. The molecule has 1 aliphatic rings. The van der Waals surface area contributed by atoms with Crippen molar-refractivity contribution in [1.82, 2.24) is 35.6 Å². The lowest BCUT2D eigenvalue weighted by Gasteiger charge is -2.32. The van der Waals surface area contributed by atoms with Crippen LogP contribution in [0.3, 0.4) is 0 Å². The molecule has 1 aliphatic heterocycles. The number of amides is 4. The molecule has 6 rings (SSSR count). The van der Waals surface area contributed by atoms with Gasteiger partial charge in [0.2, 0.25) is 6.41 Å². The summed E-state index contributed by atoms with van der Waals surface area (Å²) in [6.07, 6.45) is 2.07. The summed E-state index contributed by atoms with van der Waals surface area (Å²) < 4.78 is 25.2. The van der Waals surface area contributed by atoms with Crippen LogP contribution in [0.25, 0.3) is 21.9 Å². The van der Waals surface area contributed by atoms with E-state index in [0.29, 0.717) is 74.4 Å². The Balaban J connectivity index is 0.000000318. The maximum atomic E-state index is 14.4. The summed E-state index contributed by atoms with van der Waals surface area (Å²) >= 11 is 0. The second-order valence-electron chi connectivity index (χ2n) is 18.3. The van der Waals surface area contributed by atoms with E-state index in [0.717, 1.165) is 41.6 Å². The predicted molar refractivity (Wildman–Crippen MR) is 268 cm³/mol. The fraction of sp³-hybridized carbons (Fsp3) is 0.442. The van der Waals surface area contributed by atoms with Gasteiger partial charge in [-0.15, -0.1) is 0 Å². The summed E-state index contributed by atoms with van der Waals surface area (Å²) in [5.41, 5.74) is 4.12. The number of anilines is 1. The van der Waals surface area contributed by atoms with Crippen molar-refractivity contribution in [2.24, 2.45) is 5.41 Å². The molecule has 16 heteroatoms. The van der Waals surface area contributed by atoms with E-state index in [1.165, 1.54) is 12.1 Å². The molecule has 0 radical (unpaired) electrons. The first kappa shape index (κ1) is 55.8. The molecule has 4 N–H and O–H groups in total. The van der Waals surface area contributed by atoms with Crippen LogP contribution < -0.4 is 21.5 Å². The number of fused-ring (bicyclic) bond motifs is 1. The number of pyridine rings is 1. The minimum atomic E-state index is -0.669. The number of nitrogens with zero attached hydrogens (tertiary/aromatic N) is 4. The highest BCUT2D eigenvalue weighted by Crippen LogP contribution is 2.26. The third kappa shape index (κ3) is 19.0. The molecule has 0 unspecified atom stereocenters. The van der Waals surface area contributed by atoms with Crippen molar-refractivity contribution in [2.75, 3.05) is 64.3 Å². The minimum absolute atomic E-state index is 0.00390. The highest BCUT2D eigenvalue weighted by molar-refractivity contribution is 6.01. The quantitative estimate of drug-likeness (QED) is 0.0622. The van der Waals surface area contributed by atoms with Crippen molar-refractivity contribution in [3.8, 4) is 11.1 Å². The van der Waals surface area contributed by atoms with E-state index in [1.807, 2.05) is 64.1 Å². The Morgan fingerprint density at radius 3 is 2.15 bits per heavy atom. The molecular weight excluding hydrogens is 868 g/mol. The van der Waals surface area contributed by atoms with Crippen molar-refractivity contribution >= 4 is 40.8 Å². The van der Waals surface area contributed by atoms with Crippen molar-refractivity contribution < 1.29 is 33.0 Å². The van der Waals surface area contributed by atoms with E-state index in [1.54, 1.807) is 61.0 Å². The maximum Gasteiger partial charge on any atom is 0.412 e. The van der Waals surface area contributed by atoms with Crippen molar-refractivity contribution in [1.29, 1.82) is 0 Å². The van der Waals surface area contributed by atoms with Crippen molar-refractivity contribution in [3.05, 3.63) is 123 Å². The summed E-state index contributed by atoms with van der Waals surface area (Å²) in [6.45, 7) is 26.6. The molecule has 5 aromatic rings. The molecule has 68 heavy (non-hydrogen) atoms. The van der Waals surface area contributed by atoms with Crippen LogP contribution in [0, 0.1) is 18.2 Å². The van der Waals surface area contributed by atoms with Gasteiger partial charge in [-0.2, -0.15) is 5.10 Å². The standard InChI is InChI=1S/C24H34N4O4.C21H19FN4O3.C5H12.C2H6/c1-6-25-10-12-31-13-11-26-22(29)21-20(28-23(30)32-24(3,4)5)15-19(16-27-21)18-9-7-8-17(2)14-18;22-18-6-5-14(11-17(18)21(29)26-9-7-25(13-27)8-10-26)12-19-15-3-1-2-4-16(15)20(28)24-23-19;1-5(2,3)4;1-2/h7-9,14-16,25H,6,10-13H2,1-5H3,(H,26,29)(H,28,30);1-6,11,13H,7-10,12H2,(H,24,28);1-4H3;1-2H3. The SMILES string of the molecule is CC.CC(C)(C)C.CCNCCOCCNC(=O)c1ncc(-c2cccc(C)c2)cc1NC(=O)OC(C)(C)C.O=CN1CCN(C(=O)c2cc(Cc3n[nH]c(=O)c4ccccc34)ccc2F)CC1. The Morgan fingerprint density at radius 2 is 1.51 bits per heavy atom. The number of ether oxygens (including phenoxy) is 2. The number of aryl methyl sites for hydroxylation is 1. The Kier molecular flexibility index (Phi) is 22.4. The molecule has 0 atom stereocenters. The highest BCUT2D eigenvalue weighted by atomic mass is 19.1. The van der Waals surface area contributed by atoms with Crippen LogP contribution in [-0.2, 0) is 20.7 Å². The van der Waals surface area contributed by atoms with Gasteiger partial charge in [-0.05, 0) is 75.0 Å². The topological polar surface area (TPSA) is 188 Å². The van der Waals surface area contributed by atoms with Crippen LogP contribution in [0.4, 0.5) is 14.9 Å². The van der Waals surface area contributed by atoms with Gasteiger partial charge in [0.1, 0.15) is 11.4 Å². The van der Waals surface area contributed by atoms with Gasteiger partial charge in [-0.3, -0.25) is 24.5 Å². The molecule has 0 saturated carbocycles. The number of nitrogens with one attached hydrogen (secondary N) is 4. The predicted octanol–water partition coefficient (Wildman–Crippen LogP) is 8.41. The van der Waals surface area contributed by atoms with Crippen LogP contribution >= 0.6 is 0 Å². The normalized spacial score (nSPS) is 12.3. The number of piperazine rings is 1. The number of likely N-dealkylation sites (N-methyl/N-ethyl adjacent to an activating group) is 1. The Labute approximate surface area is 400 Å². The number of hydrogen-bond donors (Lipinski definition) is 4. The molecule has 0 spiro atoms. The van der Waals surface area contributed by atoms with E-state index >= 15 is 0 Å². The Morgan fingerprint density at radius 1 is 0.853 bits per heavy atom. The van der Waals surface area contributed by atoms with Crippen LogP contribution in [0.2, 0.25) is 0 Å². The summed E-state index contributed by atoms with van der Waals surface area (Å²) in [5, 5.41) is 16.5. The van der Waals surface area contributed by atoms with Crippen LogP contribution in [-0.4, -0.2) is 114 Å². The lowest BCUT2D eigenvalue weighted by atomic mass is 10.0. The average molecular weight is 939 g/mol. The number of carbonyl (C=O) groups excluding carboxylic acids is 4. The first-order valence-corrected chi connectivity index (χ1v) is 23.1. The minimum Gasteiger partial charge on any atom is -0.444 e.